The van der Waals surface area contributed by atoms with Gasteiger partial charge >= 0.3 is 6.18 Å². The van der Waals surface area contributed by atoms with Crippen molar-refractivity contribution in [2.75, 3.05) is 13.1 Å². The van der Waals surface area contributed by atoms with Crippen molar-refractivity contribution in [2.24, 2.45) is 0 Å². The van der Waals surface area contributed by atoms with Crippen LogP contribution in [0.2, 0.25) is 0 Å². The Morgan fingerprint density at radius 2 is 1.94 bits per heavy atom. The van der Waals surface area contributed by atoms with Crippen LogP contribution < -0.4 is 16.0 Å². The molecule has 18 heavy (non-hydrogen) atoms. The molecule has 1 unspecified atom stereocenters. The quantitative estimate of drug-likeness (QED) is 0.630. The van der Waals surface area contributed by atoms with Gasteiger partial charge in [0.1, 0.15) is 6.54 Å². The maximum Gasteiger partial charge on any atom is 0.405 e. The smallest absolute Gasteiger partial charge is 0.352 e. The van der Waals surface area contributed by atoms with Crippen LogP contribution in [0, 0.1) is 0 Å². The van der Waals surface area contributed by atoms with Crippen molar-refractivity contribution in [2.45, 2.75) is 38.0 Å². The van der Waals surface area contributed by atoms with Gasteiger partial charge in [-0.2, -0.15) is 13.2 Å². The Labute approximate surface area is 102 Å². The predicted octanol–water partition coefficient (Wildman–Crippen LogP) is -0.0784. The third-order valence-electron chi connectivity index (χ3n) is 2.37. The van der Waals surface area contributed by atoms with Gasteiger partial charge in [-0.05, 0) is 19.8 Å². The summed E-state index contributed by atoms with van der Waals surface area (Å²) < 4.78 is 35.4. The Kier molecular flexibility index (Phi) is 4.94. The van der Waals surface area contributed by atoms with Gasteiger partial charge in [0.25, 0.3) is 0 Å². The third-order valence-corrected chi connectivity index (χ3v) is 2.37. The summed E-state index contributed by atoms with van der Waals surface area (Å²) in [6, 6.07) is -0.400. The first-order chi connectivity index (χ1) is 8.28. The first-order valence-corrected chi connectivity index (χ1v) is 5.65. The summed E-state index contributed by atoms with van der Waals surface area (Å²) in [6.45, 7) is -0.139. The Hall–Kier alpha value is -1.31. The van der Waals surface area contributed by atoms with Gasteiger partial charge in [-0.3, -0.25) is 14.9 Å². The molecular weight excluding hydrogens is 251 g/mol. The molecule has 104 valence electrons. The fourth-order valence-corrected chi connectivity index (χ4v) is 1.15. The zero-order valence-electron chi connectivity index (χ0n) is 9.93. The molecule has 0 aliphatic heterocycles. The molecule has 1 fully saturated rings. The first kappa shape index (κ1) is 14.7. The zero-order valence-corrected chi connectivity index (χ0v) is 9.93. The molecule has 0 radical (unpaired) electrons. The van der Waals surface area contributed by atoms with Crippen LogP contribution in [0.1, 0.15) is 19.8 Å². The Balaban J connectivity index is 2.14. The fraction of sp³-hybridized carbons (Fsp3) is 0.800. The number of nitrogens with one attached hydrogen (secondary N) is 3. The van der Waals surface area contributed by atoms with Crippen molar-refractivity contribution in [3.63, 3.8) is 0 Å². The van der Waals surface area contributed by atoms with Crippen molar-refractivity contribution in [1.82, 2.24) is 16.0 Å². The molecule has 1 aliphatic carbocycles. The van der Waals surface area contributed by atoms with Crippen LogP contribution >= 0.6 is 0 Å². The molecule has 3 N–H and O–H groups in total. The highest BCUT2D eigenvalue weighted by Crippen LogP contribution is 2.18. The number of amides is 2. The second-order valence-electron chi connectivity index (χ2n) is 4.28. The molecular formula is C10H16F3N3O2. The van der Waals surface area contributed by atoms with Gasteiger partial charge in [0.2, 0.25) is 11.8 Å². The van der Waals surface area contributed by atoms with E-state index in [1.165, 1.54) is 0 Å². The standard InChI is InChI=1S/C10H16F3N3O2/c1-6(9(18)16-7-2-3-7)14-4-8(17)15-5-10(11,12)13/h6-7,14H,2-5H2,1H3,(H,15,17)(H,16,18). The summed E-state index contributed by atoms with van der Waals surface area (Å²) in [5.74, 6) is -1.04. The molecule has 1 saturated carbocycles. The number of carbonyl (C=O) groups excluding carboxylic acids is 2. The molecule has 0 aromatic heterocycles. The first-order valence-electron chi connectivity index (χ1n) is 5.65. The van der Waals surface area contributed by atoms with E-state index < -0.39 is 24.7 Å². The largest absolute Gasteiger partial charge is 0.405 e. The lowest BCUT2D eigenvalue weighted by atomic mass is 10.3. The Bertz CT molecular complexity index is 316. The van der Waals surface area contributed by atoms with Gasteiger partial charge < -0.3 is 10.6 Å². The summed E-state index contributed by atoms with van der Waals surface area (Å²) in [5.41, 5.74) is 0. The molecule has 8 heteroatoms. The van der Waals surface area contributed by atoms with Crippen LogP contribution in [0.3, 0.4) is 0 Å². The van der Waals surface area contributed by atoms with Gasteiger partial charge in [0.15, 0.2) is 0 Å². The molecule has 1 aliphatic rings. The van der Waals surface area contributed by atoms with E-state index in [0.717, 1.165) is 12.8 Å². The van der Waals surface area contributed by atoms with Crippen molar-refractivity contribution in [3.05, 3.63) is 0 Å². The number of hydrogen-bond donors (Lipinski definition) is 3. The SMILES string of the molecule is CC(NCC(=O)NCC(F)(F)F)C(=O)NC1CC1. The third kappa shape index (κ3) is 6.43. The molecule has 0 bridgehead atoms. The van der Waals surface area contributed by atoms with E-state index >= 15 is 0 Å². The van der Waals surface area contributed by atoms with Crippen molar-refractivity contribution < 1.29 is 22.8 Å². The average molecular weight is 267 g/mol. The summed E-state index contributed by atoms with van der Waals surface area (Å²) in [5, 5.41) is 6.99. The normalized spacial score (nSPS) is 17.1. The number of hydrogen-bond acceptors (Lipinski definition) is 3. The van der Waals surface area contributed by atoms with E-state index in [-0.39, 0.29) is 18.5 Å². The van der Waals surface area contributed by atoms with Crippen LogP contribution in [0.5, 0.6) is 0 Å². The van der Waals surface area contributed by atoms with E-state index in [9.17, 15) is 22.8 Å². The monoisotopic (exact) mass is 267 g/mol. The van der Waals surface area contributed by atoms with Crippen LogP contribution in [0.25, 0.3) is 0 Å². The van der Waals surface area contributed by atoms with E-state index in [1.54, 1.807) is 12.2 Å². The number of halogens is 3. The molecule has 2 amide bonds. The molecule has 1 atom stereocenters. The zero-order chi connectivity index (χ0) is 13.8. The van der Waals surface area contributed by atoms with Crippen molar-refractivity contribution in [3.8, 4) is 0 Å². The van der Waals surface area contributed by atoms with Crippen molar-refractivity contribution in [1.29, 1.82) is 0 Å². The molecule has 0 heterocycles. The van der Waals surface area contributed by atoms with Crippen LogP contribution in [0.15, 0.2) is 0 Å². The minimum atomic E-state index is -4.43. The summed E-state index contributed by atoms with van der Waals surface area (Å²) in [7, 11) is 0. The highest BCUT2D eigenvalue weighted by Gasteiger charge is 2.28. The second kappa shape index (κ2) is 6.03. The minimum Gasteiger partial charge on any atom is -0.352 e. The Morgan fingerprint density at radius 1 is 1.33 bits per heavy atom. The number of alkyl halides is 3. The minimum absolute atomic E-state index is 0.209. The van der Waals surface area contributed by atoms with Crippen LogP contribution in [-0.4, -0.2) is 43.2 Å². The van der Waals surface area contributed by atoms with E-state index in [0.29, 0.717) is 0 Å². The molecule has 0 saturated heterocycles. The molecule has 0 aromatic carbocycles. The maximum atomic E-state index is 11.8. The van der Waals surface area contributed by atoms with Crippen LogP contribution in [-0.2, 0) is 9.59 Å². The van der Waals surface area contributed by atoms with Crippen molar-refractivity contribution >= 4 is 11.8 Å². The fourth-order valence-electron chi connectivity index (χ4n) is 1.15. The lowest BCUT2D eigenvalue weighted by molar-refractivity contribution is -0.138. The summed E-state index contributed by atoms with van der Waals surface area (Å²) in [6.07, 6.45) is -2.53. The molecule has 0 aromatic rings. The highest BCUT2D eigenvalue weighted by atomic mass is 19.4. The summed E-state index contributed by atoms with van der Waals surface area (Å²) >= 11 is 0. The number of carbonyl (C=O) groups is 2. The van der Waals surface area contributed by atoms with Gasteiger partial charge in [-0.25, -0.2) is 0 Å². The van der Waals surface area contributed by atoms with Gasteiger partial charge in [0.05, 0.1) is 12.6 Å². The van der Waals surface area contributed by atoms with E-state index in [2.05, 4.69) is 10.6 Å². The second-order valence-corrected chi connectivity index (χ2v) is 4.28. The maximum absolute atomic E-state index is 11.8. The Morgan fingerprint density at radius 3 is 2.44 bits per heavy atom. The topological polar surface area (TPSA) is 70.2 Å². The van der Waals surface area contributed by atoms with E-state index in [1.807, 2.05) is 0 Å². The predicted molar refractivity (Wildman–Crippen MR) is 57.7 cm³/mol. The van der Waals surface area contributed by atoms with E-state index in [4.69, 9.17) is 0 Å². The lowest BCUT2D eigenvalue weighted by Crippen LogP contribution is -2.47. The number of rotatable bonds is 6. The molecule has 0 spiro atoms. The summed E-state index contributed by atoms with van der Waals surface area (Å²) in [4.78, 5) is 22.5. The van der Waals surface area contributed by atoms with Crippen LogP contribution in [0.4, 0.5) is 13.2 Å². The highest BCUT2D eigenvalue weighted by molar-refractivity contribution is 5.83. The molecule has 5 nitrogen and oxygen atoms in total. The average Bonchev–Trinajstić information content (AvgIpc) is 3.05. The van der Waals surface area contributed by atoms with Gasteiger partial charge in [-0.15, -0.1) is 0 Å². The van der Waals surface area contributed by atoms with Gasteiger partial charge in [-0.1, -0.05) is 0 Å². The lowest BCUT2D eigenvalue weighted by Gasteiger charge is -2.14. The van der Waals surface area contributed by atoms with Gasteiger partial charge in [0, 0.05) is 6.04 Å². The molecule has 1 rings (SSSR count).